The summed E-state index contributed by atoms with van der Waals surface area (Å²) in [6.45, 7) is 12.1. The molecule has 2 heterocycles. The number of aryl methyl sites for hydroxylation is 1. The van der Waals surface area contributed by atoms with Gasteiger partial charge < -0.3 is 15.2 Å². The summed E-state index contributed by atoms with van der Waals surface area (Å²) in [5, 5.41) is 0. The molecule has 1 fully saturated rings. The van der Waals surface area contributed by atoms with Crippen LogP contribution in [-0.4, -0.2) is 34.5 Å². The van der Waals surface area contributed by atoms with E-state index < -0.39 is 0 Å². The summed E-state index contributed by atoms with van der Waals surface area (Å²) < 4.78 is 2.27. The molecule has 1 aromatic heterocycles. The summed E-state index contributed by atoms with van der Waals surface area (Å²) >= 11 is 0. The van der Waals surface area contributed by atoms with Gasteiger partial charge in [0.15, 0.2) is 0 Å². The van der Waals surface area contributed by atoms with E-state index in [1.807, 2.05) is 17.0 Å². The molecule has 1 aliphatic heterocycles. The number of nitrogens with two attached hydrogens (primary N) is 1. The van der Waals surface area contributed by atoms with Gasteiger partial charge in [-0.3, -0.25) is 4.79 Å². The minimum atomic E-state index is -0.0449. The van der Waals surface area contributed by atoms with Crippen molar-refractivity contribution in [1.29, 1.82) is 0 Å². The van der Waals surface area contributed by atoms with Gasteiger partial charge in [0.25, 0.3) is 5.91 Å². The van der Waals surface area contributed by atoms with Gasteiger partial charge in [0.2, 0.25) is 0 Å². The van der Waals surface area contributed by atoms with Crippen LogP contribution in [0, 0.1) is 19.3 Å². The largest absolute Gasteiger partial charge is 0.341 e. The van der Waals surface area contributed by atoms with Crippen LogP contribution in [0.5, 0.6) is 0 Å². The average molecular weight is 354 g/mol. The van der Waals surface area contributed by atoms with Crippen LogP contribution in [0.3, 0.4) is 0 Å². The van der Waals surface area contributed by atoms with Crippen LogP contribution in [-0.2, 0) is 0 Å². The van der Waals surface area contributed by atoms with Crippen molar-refractivity contribution < 1.29 is 4.79 Å². The van der Waals surface area contributed by atoms with Crippen molar-refractivity contribution in [1.82, 2.24) is 9.47 Å². The fraction of sp³-hybridized carbons (Fsp3) is 0.500. The van der Waals surface area contributed by atoms with Crippen LogP contribution < -0.4 is 5.73 Å². The number of benzene rings is 1. The molecule has 1 saturated heterocycles. The number of hydrogen-bond acceptors (Lipinski definition) is 2. The molecule has 0 aliphatic carbocycles. The number of aromatic nitrogens is 1. The highest BCUT2D eigenvalue weighted by Crippen LogP contribution is 2.31. The minimum absolute atomic E-state index is 0.0449. The second-order valence-corrected chi connectivity index (χ2v) is 8.35. The summed E-state index contributed by atoms with van der Waals surface area (Å²) in [5.41, 5.74) is 10.4. The van der Waals surface area contributed by atoms with Crippen molar-refractivity contribution in [2.75, 3.05) is 13.1 Å². The molecule has 0 bridgehead atoms. The quantitative estimate of drug-likeness (QED) is 0.909. The Morgan fingerprint density at radius 1 is 1.23 bits per heavy atom. The molecule has 2 atom stereocenters. The molecule has 1 amide bonds. The standard InChI is InChI=1S/C22H31N3O/c1-15-13-19(21(26)24-12-11-20(23)22(4,5)14-24)17(3)25(15)16(2)18-9-7-6-8-10-18/h6-10,13,16,20H,11-12,14,23H2,1-5H3. The number of carbonyl (C=O) groups excluding carboxylic acids is 1. The maximum Gasteiger partial charge on any atom is 0.255 e. The Morgan fingerprint density at radius 2 is 1.88 bits per heavy atom. The minimum Gasteiger partial charge on any atom is -0.341 e. The molecular weight excluding hydrogens is 322 g/mol. The van der Waals surface area contributed by atoms with E-state index in [2.05, 4.69) is 63.5 Å². The number of rotatable bonds is 3. The van der Waals surface area contributed by atoms with Crippen LogP contribution in [0.25, 0.3) is 0 Å². The lowest BCUT2D eigenvalue weighted by molar-refractivity contribution is 0.0532. The van der Waals surface area contributed by atoms with Crippen molar-refractivity contribution >= 4 is 5.91 Å². The number of nitrogens with zero attached hydrogens (tertiary/aromatic N) is 2. The Labute approximate surface area is 157 Å². The van der Waals surface area contributed by atoms with Crippen molar-refractivity contribution in [2.45, 2.75) is 53.1 Å². The molecule has 4 nitrogen and oxygen atoms in total. The van der Waals surface area contributed by atoms with Gasteiger partial charge in [-0.25, -0.2) is 0 Å². The van der Waals surface area contributed by atoms with Crippen molar-refractivity contribution in [3.63, 3.8) is 0 Å². The van der Waals surface area contributed by atoms with Crippen LogP contribution in [0.15, 0.2) is 36.4 Å². The second-order valence-electron chi connectivity index (χ2n) is 8.35. The molecule has 3 rings (SSSR count). The molecule has 2 unspecified atom stereocenters. The first kappa shape index (κ1) is 18.7. The Hall–Kier alpha value is -2.07. The van der Waals surface area contributed by atoms with E-state index in [1.165, 1.54) is 5.56 Å². The van der Waals surface area contributed by atoms with Crippen LogP contribution in [0.2, 0.25) is 0 Å². The lowest BCUT2D eigenvalue weighted by Gasteiger charge is -2.42. The number of carbonyl (C=O) groups is 1. The summed E-state index contributed by atoms with van der Waals surface area (Å²) in [5.74, 6) is 0.129. The van der Waals surface area contributed by atoms with E-state index in [0.717, 1.165) is 29.9 Å². The smallest absolute Gasteiger partial charge is 0.255 e. The lowest BCUT2D eigenvalue weighted by Crippen LogP contribution is -2.54. The van der Waals surface area contributed by atoms with Gasteiger partial charge in [0.05, 0.1) is 11.6 Å². The predicted molar refractivity (Wildman–Crippen MR) is 106 cm³/mol. The molecule has 140 valence electrons. The zero-order valence-corrected chi connectivity index (χ0v) is 16.6. The van der Waals surface area contributed by atoms with E-state index >= 15 is 0 Å². The van der Waals surface area contributed by atoms with Crippen LogP contribution in [0.4, 0.5) is 0 Å². The number of amides is 1. The molecule has 2 aromatic rings. The first-order chi connectivity index (χ1) is 12.2. The highest BCUT2D eigenvalue weighted by atomic mass is 16.2. The summed E-state index contributed by atoms with van der Waals surface area (Å²) in [7, 11) is 0. The van der Waals surface area contributed by atoms with Gasteiger partial charge >= 0.3 is 0 Å². The third kappa shape index (κ3) is 3.30. The van der Waals surface area contributed by atoms with Gasteiger partial charge in [0.1, 0.15) is 0 Å². The van der Waals surface area contributed by atoms with Gasteiger partial charge in [-0.1, -0.05) is 44.2 Å². The zero-order valence-electron chi connectivity index (χ0n) is 16.6. The topological polar surface area (TPSA) is 51.3 Å². The average Bonchev–Trinajstić information content (AvgIpc) is 2.91. The number of piperidine rings is 1. The van der Waals surface area contributed by atoms with Gasteiger partial charge in [-0.05, 0) is 44.2 Å². The SMILES string of the molecule is Cc1cc(C(=O)N2CCC(N)C(C)(C)C2)c(C)n1C(C)c1ccccc1. The van der Waals surface area contributed by atoms with Gasteiger partial charge in [-0.15, -0.1) is 0 Å². The normalized spacial score (nSPS) is 20.8. The molecule has 2 N–H and O–H groups in total. The third-order valence-electron chi connectivity index (χ3n) is 5.98. The van der Waals surface area contributed by atoms with E-state index in [9.17, 15) is 4.79 Å². The molecule has 0 spiro atoms. The Balaban J connectivity index is 1.89. The summed E-state index contributed by atoms with van der Waals surface area (Å²) in [6, 6.07) is 12.8. The molecular formula is C22H31N3O. The van der Waals surface area contributed by atoms with E-state index in [4.69, 9.17) is 5.73 Å². The monoisotopic (exact) mass is 353 g/mol. The lowest BCUT2D eigenvalue weighted by atomic mass is 9.79. The number of likely N-dealkylation sites (tertiary alicyclic amines) is 1. The van der Waals surface area contributed by atoms with Crippen LogP contribution in [0.1, 0.15) is 60.5 Å². The predicted octanol–water partition coefficient (Wildman–Crippen LogP) is 3.91. The molecule has 4 heteroatoms. The van der Waals surface area contributed by atoms with Crippen molar-refractivity contribution in [3.8, 4) is 0 Å². The fourth-order valence-corrected chi connectivity index (χ4v) is 4.19. The van der Waals surface area contributed by atoms with E-state index in [-0.39, 0.29) is 23.4 Å². The van der Waals surface area contributed by atoms with E-state index in [0.29, 0.717) is 6.54 Å². The summed E-state index contributed by atoms with van der Waals surface area (Å²) in [4.78, 5) is 15.2. The van der Waals surface area contributed by atoms with Gasteiger partial charge in [-0.2, -0.15) is 0 Å². The summed E-state index contributed by atoms with van der Waals surface area (Å²) in [6.07, 6.45) is 0.859. The van der Waals surface area contributed by atoms with Crippen molar-refractivity contribution in [3.05, 3.63) is 58.9 Å². The maximum absolute atomic E-state index is 13.2. The molecule has 0 saturated carbocycles. The van der Waals surface area contributed by atoms with E-state index in [1.54, 1.807) is 0 Å². The second kappa shape index (κ2) is 6.92. The highest BCUT2D eigenvalue weighted by Gasteiger charge is 2.36. The molecule has 26 heavy (non-hydrogen) atoms. The number of hydrogen-bond donors (Lipinski definition) is 1. The third-order valence-corrected chi connectivity index (χ3v) is 5.98. The Morgan fingerprint density at radius 3 is 2.50 bits per heavy atom. The Kier molecular flexibility index (Phi) is 4.98. The van der Waals surface area contributed by atoms with Gasteiger partial charge in [0, 0.05) is 30.5 Å². The first-order valence-electron chi connectivity index (χ1n) is 9.50. The van der Waals surface area contributed by atoms with Crippen LogP contribution >= 0.6 is 0 Å². The van der Waals surface area contributed by atoms with Crippen molar-refractivity contribution in [2.24, 2.45) is 11.1 Å². The highest BCUT2D eigenvalue weighted by molar-refractivity contribution is 5.96. The zero-order chi connectivity index (χ0) is 19.1. The Bertz CT molecular complexity index is 791. The first-order valence-corrected chi connectivity index (χ1v) is 9.50. The fourth-order valence-electron chi connectivity index (χ4n) is 4.19. The molecule has 1 aliphatic rings. The maximum atomic E-state index is 13.2. The molecule has 1 aromatic carbocycles. The molecule has 0 radical (unpaired) electrons.